The Labute approximate surface area is 156 Å². The second-order valence-corrected chi connectivity index (χ2v) is 7.32. The third-order valence-corrected chi connectivity index (χ3v) is 4.72. The number of phenolic OH excluding ortho intramolecular Hbond substituents is 2. The molecule has 0 fully saturated rings. The fraction of sp³-hybridized carbons (Fsp3) is 0.455. The SMILES string of the molecule is Cc1cc(C)c(O)c(CN(CCCCO)Cc2cc(C)cc(C)c2O)c1. The molecule has 26 heavy (non-hydrogen) atoms. The molecule has 0 saturated heterocycles. The number of unbranched alkanes of at least 4 members (excludes halogenated alkanes) is 1. The van der Waals surface area contributed by atoms with Crippen LogP contribution in [-0.2, 0) is 13.1 Å². The van der Waals surface area contributed by atoms with Crippen molar-refractivity contribution in [1.29, 1.82) is 0 Å². The summed E-state index contributed by atoms with van der Waals surface area (Å²) in [5.74, 6) is 0.680. The Kier molecular flexibility index (Phi) is 7.06. The van der Waals surface area contributed by atoms with E-state index in [1.165, 1.54) is 0 Å². The lowest BCUT2D eigenvalue weighted by atomic mass is 10.0. The second kappa shape index (κ2) is 9.06. The lowest BCUT2D eigenvalue weighted by Crippen LogP contribution is -2.24. The number of aliphatic hydroxyl groups is 1. The van der Waals surface area contributed by atoms with Crippen LogP contribution in [0.5, 0.6) is 11.5 Å². The molecule has 2 rings (SSSR count). The van der Waals surface area contributed by atoms with Crippen LogP contribution in [-0.4, -0.2) is 33.4 Å². The first-order valence-electron chi connectivity index (χ1n) is 9.23. The molecule has 142 valence electrons. The number of aliphatic hydroxyl groups excluding tert-OH is 1. The molecule has 4 heteroatoms. The summed E-state index contributed by atoms with van der Waals surface area (Å²) in [4.78, 5) is 2.22. The lowest BCUT2D eigenvalue weighted by Gasteiger charge is -2.24. The van der Waals surface area contributed by atoms with Gasteiger partial charge in [-0.2, -0.15) is 0 Å². The molecule has 4 nitrogen and oxygen atoms in total. The molecule has 3 N–H and O–H groups in total. The second-order valence-electron chi connectivity index (χ2n) is 7.32. The maximum Gasteiger partial charge on any atom is 0.122 e. The van der Waals surface area contributed by atoms with Crippen LogP contribution < -0.4 is 0 Å². The van der Waals surface area contributed by atoms with Crippen LogP contribution >= 0.6 is 0 Å². The van der Waals surface area contributed by atoms with E-state index in [0.29, 0.717) is 24.6 Å². The van der Waals surface area contributed by atoms with Crippen LogP contribution in [0, 0.1) is 27.7 Å². The maximum atomic E-state index is 10.4. The first-order chi connectivity index (χ1) is 12.3. The average molecular weight is 357 g/mol. The minimum Gasteiger partial charge on any atom is -0.507 e. The molecule has 0 spiro atoms. The first-order valence-corrected chi connectivity index (χ1v) is 9.23. The molecule has 0 bridgehead atoms. The minimum atomic E-state index is 0.178. The van der Waals surface area contributed by atoms with E-state index in [0.717, 1.165) is 52.8 Å². The average Bonchev–Trinajstić information content (AvgIpc) is 2.56. The summed E-state index contributed by atoms with van der Waals surface area (Å²) in [6.45, 7) is 10.1. The third kappa shape index (κ3) is 5.23. The highest BCUT2D eigenvalue weighted by Gasteiger charge is 2.15. The quantitative estimate of drug-likeness (QED) is 0.622. The molecule has 0 radical (unpaired) electrons. The number of hydrogen-bond acceptors (Lipinski definition) is 4. The van der Waals surface area contributed by atoms with Gasteiger partial charge in [0, 0.05) is 30.8 Å². The molecule has 0 amide bonds. The summed E-state index contributed by atoms with van der Waals surface area (Å²) in [6.07, 6.45) is 1.61. The molecule has 0 aromatic heterocycles. The summed E-state index contributed by atoms with van der Waals surface area (Å²) in [6, 6.07) is 7.99. The highest BCUT2D eigenvalue weighted by molar-refractivity contribution is 5.44. The Morgan fingerprint density at radius 1 is 0.731 bits per heavy atom. The van der Waals surface area contributed by atoms with Crippen LogP contribution in [0.15, 0.2) is 24.3 Å². The van der Waals surface area contributed by atoms with Crippen molar-refractivity contribution in [1.82, 2.24) is 4.90 Å². The van der Waals surface area contributed by atoms with Gasteiger partial charge in [-0.25, -0.2) is 0 Å². The largest absolute Gasteiger partial charge is 0.507 e. The van der Waals surface area contributed by atoms with Crippen LogP contribution in [0.2, 0.25) is 0 Å². The molecule has 0 unspecified atom stereocenters. The van der Waals surface area contributed by atoms with Crippen molar-refractivity contribution in [2.24, 2.45) is 0 Å². The zero-order valence-electron chi connectivity index (χ0n) is 16.3. The third-order valence-electron chi connectivity index (χ3n) is 4.72. The van der Waals surface area contributed by atoms with Crippen LogP contribution in [0.4, 0.5) is 0 Å². The Hall–Kier alpha value is -2.04. The summed E-state index contributed by atoms with van der Waals surface area (Å²) in [5, 5.41) is 30.0. The van der Waals surface area contributed by atoms with Gasteiger partial charge in [0.1, 0.15) is 11.5 Å². The topological polar surface area (TPSA) is 63.9 Å². The van der Waals surface area contributed by atoms with Crippen LogP contribution in [0.3, 0.4) is 0 Å². The monoisotopic (exact) mass is 357 g/mol. The summed E-state index contributed by atoms with van der Waals surface area (Å²) in [5.41, 5.74) is 5.81. The van der Waals surface area contributed by atoms with Gasteiger partial charge in [-0.1, -0.05) is 35.4 Å². The van der Waals surface area contributed by atoms with E-state index in [9.17, 15) is 10.2 Å². The van der Waals surface area contributed by atoms with E-state index >= 15 is 0 Å². The van der Waals surface area contributed by atoms with Crippen molar-refractivity contribution >= 4 is 0 Å². The van der Waals surface area contributed by atoms with E-state index in [4.69, 9.17) is 5.11 Å². The normalized spacial score (nSPS) is 11.3. The summed E-state index contributed by atoms with van der Waals surface area (Å²) >= 11 is 0. The van der Waals surface area contributed by atoms with E-state index in [-0.39, 0.29) is 6.61 Å². The lowest BCUT2D eigenvalue weighted by molar-refractivity contribution is 0.226. The van der Waals surface area contributed by atoms with Gasteiger partial charge >= 0.3 is 0 Å². The van der Waals surface area contributed by atoms with Gasteiger partial charge in [0.25, 0.3) is 0 Å². The highest BCUT2D eigenvalue weighted by Crippen LogP contribution is 2.28. The van der Waals surface area contributed by atoms with E-state index < -0.39 is 0 Å². The van der Waals surface area contributed by atoms with Gasteiger partial charge in [0.15, 0.2) is 0 Å². The van der Waals surface area contributed by atoms with Crippen LogP contribution in [0.25, 0.3) is 0 Å². The number of nitrogens with zero attached hydrogens (tertiary/aromatic N) is 1. The van der Waals surface area contributed by atoms with Crippen molar-refractivity contribution in [2.75, 3.05) is 13.2 Å². The van der Waals surface area contributed by atoms with Crippen molar-refractivity contribution in [3.8, 4) is 11.5 Å². The smallest absolute Gasteiger partial charge is 0.122 e. The zero-order valence-corrected chi connectivity index (χ0v) is 16.3. The highest BCUT2D eigenvalue weighted by atomic mass is 16.3. The minimum absolute atomic E-state index is 0.178. The van der Waals surface area contributed by atoms with E-state index in [1.54, 1.807) is 0 Å². The molecule has 0 aliphatic rings. The Morgan fingerprint density at radius 3 is 1.62 bits per heavy atom. The zero-order chi connectivity index (χ0) is 19.3. The Morgan fingerprint density at radius 2 is 1.19 bits per heavy atom. The summed E-state index contributed by atoms with van der Waals surface area (Å²) < 4.78 is 0. The molecule has 2 aromatic carbocycles. The molecule has 0 saturated carbocycles. The number of aromatic hydroxyl groups is 2. The fourth-order valence-electron chi connectivity index (χ4n) is 3.48. The molecule has 0 aliphatic carbocycles. The Balaban J connectivity index is 2.27. The molecule has 0 heterocycles. The van der Waals surface area contributed by atoms with Crippen molar-refractivity contribution < 1.29 is 15.3 Å². The standard InChI is InChI=1S/C22H31NO3/c1-15-9-17(3)21(25)19(11-15)13-23(7-5-6-8-24)14-20-12-16(2)10-18(4)22(20)26/h9-12,24-26H,5-8,13-14H2,1-4H3. The number of benzene rings is 2. The summed E-state index contributed by atoms with van der Waals surface area (Å²) in [7, 11) is 0. The predicted octanol–water partition coefficient (Wildman–Crippen LogP) is 4.11. The van der Waals surface area contributed by atoms with Crippen molar-refractivity contribution in [3.05, 3.63) is 57.6 Å². The molecule has 0 atom stereocenters. The number of phenols is 2. The maximum absolute atomic E-state index is 10.4. The van der Waals surface area contributed by atoms with Gasteiger partial charge in [0.05, 0.1) is 0 Å². The molecular weight excluding hydrogens is 326 g/mol. The first kappa shape index (κ1) is 20.3. The van der Waals surface area contributed by atoms with Crippen molar-refractivity contribution in [2.45, 2.75) is 53.6 Å². The number of hydrogen-bond donors (Lipinski definition) is 3. The fourth-order valence-corrected chi connectivity index (χ4v) is 3.48. The molecular formula is C22H31NO3. The van der Waals surface area contributed by atoms with Gasteiger partial charge in [-0.05, 0) is 58.2 Å². The van der Waals surface area contributed by atoms with Gasteiger partial charge in [-0.3, -0.25) is 4.90 Å². The molecule has 0 aliphatic heterocycles. The predicted molar refractivity (Wildman–Crippen MR) is 106 cm³/mol. The molecule has 2 aromatic rings. The van der Waals surface area contributed by atoms with Crippen LogP contribution in [0.1, 0.15) is 46.2 Å². The number of aryl methyl sites for hydroxylation is 4. The number of rotatable bonds is 8. The van der Waals surface area contributed by atoms with Crippen molar-refractivity contribution in [3.63, 3.8) is 0 Å². The Bertz CT molecular complexity index is 696. The van der Waals surface area contributed by atoms with Gasteiger partial charge in [0.2, 0.25) is 0 Å². The van der Waals surface area contributed by atoms with E-state index in [2.05, 4.69) is 4.90 Å². The van der Waals surface area contributed by atoms with Gasteiger partial charge in [-0.15, -0.1) is 0 Å². The van der Waals surface area contributed by atoms with E-state index in [1.807, 2.05) is 52.0 Å². The van der Waals surface area contributed by atoms with Gasteiger partial charge < -0.3 is 15.3 Å².